The zero-order valence-corrected chi connectivity index (χ0v) is 9.75. The van der Waals surface area contributed by atoms with E-state index in [0.717, 1.165) is 16.6 Å². The van der Waals surface area contributed by atoms with Crippen LogP contribution in [0.15, 0.2) is 36.5 Å². The van der Waals surface area contributed by atoms with E-state index >= 15 is 0 Å². The molecule has 0 saturated carbocycles. The van der Waals surface area contributed by atoms with Gasteiger partial charge < -0.3 is 5.32 Å². The third-order valence-electron chi connectivity index (χ3n) is 2.09. The summed E-state index contributed by atoms with van der Waals surface area (Å²) < 4.78 is 0. The maximum atomic E-state index is 6.04. The quantitative estimate of drug-likeness (QED) is 0.827. The highest BCUT2D eigenvalue weighted by atomic mass is 35.5. The molecule has 2 aromatic rings. The minimum absolute atomic E-state index is 0.615. The second-order valence-electron chi connectivity index (χ2n) is 3.67. The zero-order chi connectivity index (χ0) is 11.5. The summed E-state index contributed by atoms with van der Waals surface area (Å²) in [5, 5.41) is 3.75. The van der Waals surface area contributed by atoms with Crippen LogP contribution in [0.1, 0.15) is 6.92 Å². The van der Waals surface area contributed by atoms with Crippen molar-refractivity contribution in [3.05, 3.63) is 41.6 Å². The van der Waals surface area contributed by atoms with Gasteiger partial charge >= 0.3 is 0 Å². The molecule has 0 spiro atoms. The van der Waals surface area contributed by atoms with Gasteiger partial charge in [0.1, 0.15) is 11.3 Å². The van der Waals surface area contributed by atoms with Crippen molar-refractivity contribution >= 4 is 28.5 Å². The molecular weight excluding hydrogens is 222 g/mol. The number of aromatic nitrogens is 2. The average Bonchev–Trinajstić information content (AvgIpc) is 2.27. The number of fused-ring (bicyclic) bond motifs is 1. The van der Waals surface area contributed by atoms with E-state index in [4.69, 9.17) is 11.6 Å². The fraction of sp³-hybridized carbons (Fsp3) is 0.167. The van der Waals surface area contributed by atoms with Crippen molar-refractivity contribution in [2.45, 2.75) is 6.92 Å². The minimum Gasteiger partial charge on any atom is -0.365 e. The van der Waals surface area contributed by atoms with Crippen molar-refractivity contribution in [1.29, 1.82) is 0 Å². The number of anilines is 1. The molecule has 0 aliphatic rings. The predicted molar refractivity (Wildman–Crippen MR) is 67.9 cm³/mol. The van der Waals surface area contributed by atoms with Crippen molar-refractivity contribution in [1.82, 2.24) is 9.97 Å². The van der Waals surface area contributed by atoms with Crippen LogP contribution in [0.3, 0.4) is 0 Å². The molecule has 1 N–H and O–H groups in total. The van der Waals surface area contributed by atoms with E-state index in [1.165, 1.54) is 0 Å². The molecule has 1 aromatic carbocycles. The van der Waals surface area contributed by atoms with Gasteiger partial charge in [-0.2, -0.15) is 0 Å². The van der Waals surface area contributed by atoms with Gasteiger partial charge in [0, 0.05) is 6.54 Å². The van der Waals surface area contributed by atoms with Gasteiger partial charge in [-0.25, -0.2) is 4.98 Å². The SMILES string of the molecule is C=C(C)CNc1cnc2cccc(Cl)c2n1. The molecular formula is C12H12ClN3. The first-order chi connectivity index (χ1) is 7.66. The van der Waals surface area contributed by atoms with E-state index in [2.05, 4.69) is 21.9 Å². The van der Waals surface area contributed by atoms with E-state index in [-0.39, 0.29) is 0 Å². The summed E-state index contributed by atoms with van der Waals surface area (Å²) in [6, 6.07) is 5.55. The van der Waals surface area contributed by atoms with E-state index in [1.807, 2.05) is 19.1 Å². The molecule has 0 radical (unpaired) electrons. The Hall–Kier alpha value is -1.61. The highest BCUT2D eigenvalue weighted by molar-refractivity contribution is 6.34. The first-order valence-electron chi connectivity index (χ1n) is 4.96. The normalized spacial score (nSPS) is 10.4. The van der Waals surface area contributed by atoms with E-state index < -0.39 is 0 Å². The highest BCUT2D eigenvalue weighted by Crippen LogP contribution is 2.20. The van der Waals surface area contributed by atoms with Crippen LogP contribution in [0.25, 0.3) is 11.0 Å². The fourth-order valence-corrected chi connectivity index (χ4v) is 1.54. The standard InChI is InChI=1S/C12H12ClN3/c1-8(2)6-15-11-7-14-10-5-3-4-9(13)12(10)16-11/h3-5,7H,1,6H2,2H3,(H,15,16). The Kier molecular flexibility index (Phi) is 3.06. The molecule has 16 heavy (non-hydrogen) atoms. The number of benzene rings is 1. The fourth-order valence-electron chi connectivity index (χ4n) is 1.33. The molecule has 0 atom stereocenters. The molecule has 0 aliphatic carbocycles. The number of hydrogen-bond donors (Lipinski definition) is 1. The Balaban J connectivity index is 2.35. The highest BCUT2D eigenvalue weighted by Gasteiger charge is 2.02. The lowest BCUT2D eigenvalue weighted by Crippen LogP contribution is -2.04. The van der Waals surface area contributed by atoms with Crippen molar-refractivity contribution in [3.63, 3.8) is 0 Å². The summed E-state index contributed by atoms with van der Waals surface area (Å²) in [6.07, 6.45) is 1.70. The summed E-state index contributed by atoms with van der Waals surface area (Å²) in [5.41, 5.74) is 2.56. The number of rotatable bonds is 3. The Morgan fingerprint density at radius 1 is 1.50 bits per heavy atom. The summed E-state index contributed by atoms with van der Waals surface area (Å²) >= 11 is 6.04. The largest absolute Gasteiger partial charge is 0.365 e. The first kappa shape index (κ1) is 10.9. The molecule has 3 nitrogen and oxygen atoms in total. The lowest BCUT2D eigenvalue weighted by Gasteiger charge is -2.06. The van der Waals surface area contributed by atoms with Gasteiger partial charge in [0.05, 0.1) is 16.7 Å². The van der Waals surface area contributed by atoms with E-state index in [9.17, 15) is 0 Å². The molecule has 0 unspecified atom stereocenters. The molecule has 4 heteroatoms. The minimum atomic E-state index is 0.615. The monoisotopic (exact) mass is 233 g/mol. The molecule has 0 amide bonds. The van der Waals surface area contributed by atoms with Crippen molar-refractivity contribution in [2.75, 3.05) is 11.9 Å². The first-order valence-corrected chi connectivity index (χ1v) is 5.34. The van der Waals surface area contributed by atoms with Crippen LogP contribution in [-0.4, -0.2) is 16.5 Å². The van der Waals surface area contributed by atoms with E-state index in [0.29, 0.717) is 17.4 Å². The number of para-hydroxylation sites is 1. The number of nitrogens with one attached hydrogen (secondary N) is 1. The maximum absolute atomic E-state index is 6.04. The third kappa shape index (κ3) is 2.31. The topological polar surface area (TPSA) is 37.8 Å². The second-order valence-corrected chi connectivity index (χ2v) is 4.08. The van der Waals surface area contributed by atoms with E-state index in [1.54, 1.807) is 12.3 Å². The summed E-state index contributed by atoms with van der Waals surface area (Å²) in [6.45, 7) is 6.45. The predicted octanol–water partition coefficient (Wildman–Crippen LogP) is 3.27. The van der Waals surface area contributed by atoms with Gasteiger partial charge in [-0.1, -0.05) is 29.8 Å². The third-order valence-corrected chi connectivity index (χ3v) is 2.40. The average molecular weight is 234 g/mol. The summed E-state index contributed by atoms with van der Waals surface area (Å²) in [4.78, 5) is 8.68. The lowest BCUT2D eigenvalue weighted by atomic mass is 10.3. The van der Waals surface area contributed by atoms with Gasteiger partial charge in [0.15, 0.2) is 0 Å². The van der Waals surface area contributed by atoms with Gasteiger partial charge in [-0.3, -0.25) is 4.98 Å². The van der Waals surface area contributed by atoms with Crippen molar-refractivity contribution in [2.24, 2.45) is 0 Å². The molecule has 1 heterocycles. The van der Waals surface area contributed by atoms with Gasteiger partial charge in [0.25, 0.3) is 0 Å². The molecule has 0 bridgehead atoms. The Bertz CT molecular complexity index is 537. The Morgan fingerprint density at radius 3 is 3.06 bits per heavy atom. The van der Waals surface area contributed by atoms with Crippen LogP contribution >= 0.6 is 11.6 Å². The van der Waals surface area contributed by atoms with Crippen LogP contribution in [0, 0.1) is 0 Å². The summed E-state index contributed by atoms with van der Waals surface area (Å²) in [5.74, 6) is 0.712. The van der Waals surface area contributed by atoms with Crippen molar-refractivity contribution < 1.29 is 0 Å². The Morgan fingerprint density at radius 2 is 2.31 bits per heavy atom. The lowest BCUT2D eigenvalue weighted by molar-refractivity contribution is 1.16. The molecule has 82 valence electrons. The van der Waals surface area contributed by atoms with Crippen molar-refractivity contribution in [3.8, 4) is 0 Å². The molecule has 0 fully saturated rings. The Labute approximate surface area is 99.2 Å². The van der Waals surface area contributed by atoms with Gasteiger partial charge in [-0.05, 0) is 19.1 Å². The van der Waals surface area contributed by atoms with Crippen LogP contribution < -0.4 is 5.32 Å². The zero-order valence-electron chi connectivity index (χ0n) is 9.00. The van der Waals surface area contributed by atoms with Gasteiger partial charge in [0.2, 0.25) is 0 Å². The molecule has 2 rings (SSSR count). The molecule has 1 aromatic heterocycles. The second kappa shape index (κ2) is 4.49. The maximum Gasteiger partial charge on any atom is 0.145 e. The summed E-state index contributed by atoms with van der Waals surface area (Å²) in [7, 11) is 0. The van der Waals surface area contributed by atoms with Crippen LogP contribution in [0.5, 0.6) is 0 Å². The smallest absolute Gasteiger partial charge is 0.145 e. The number of nitrogens with zero attached hydrogens (tertiary/aromatic N) is 2. The molecule has 0 saturated heterocycles. The number of hydrogen-bond acceptors (Lipinski definition) is 3. The molecule has 0 aliphatic heterocycles. The van der Waals surface area contributed by atoms with Crippen LogP contribution in [0.4, 0.5) is 5.82 Å². The number of halogens is 1. The van der Waals surface area contributed by atoms with Crippen LogP contribution in [0.2, 0.25) is 5.02 Å². The van der Waals surface area contributed by atoms with Gasteiger partial charge in [-0.15, -0.1) is 0 Å². The van der Waals surface area contributed by atoms with Crippen LogP contribution in [-0.2, 0) is 0 Å².